The van der Waals surface area contributed by atoms with Crippen molar-refractivity contribution in [3.8, 4) is 11.1 Å². The van der Waals surface area contributed by atoms with E-state index in [2.05, 4.69) is 0 Å². The number of amides is 1. The Kier molecular flexibility index (Phi) is 4.91. The monoisotopic (exact) mass is 341 g/mol. The molecule has 1 saturated heterocycles. The Morgan fingerprint density at radius 2 is 1.84 bits per heavy atom. The average Bonchev–Trinajstić information content (AvgIpc) is 3.07. The van der Waals surface area contributed by atoms with Crippen molar-refractivity contribution in [1.82, 2.24) is 4.90 Å². The molecule has 0 radical (unpaired) electrons. The molecule has 0 saturated carbocycles. The zero-order chi connectivity index (χ0) is 18.1. The number of aliphatic hydroxyl groups is 1. The van der Waals surface area contributed by atoms with E-state index in [1.165, 1.54) is 11.6 Å². The molecule has 2 unspecified atom stereocenters. The molecule has 3 rings (SSSR count). The average molecular weight is 341 g/mol. The number of rotatable bonds is 3. The van der Waals surface area contributed by atoms with Gasteiger partial charge in [0.25, 0.3) is 5.91 Å². The summed E-state index contributed by atoms with van der Waals surface area (Å²) in [6.07, 6.45) is 0.306. The van der Waals surface area contributed by atoms with Gasteiger partial charge in [0.1, 0.15) is 5.82 Å². The molecule has 0 aromatic heterocycles. The maximum absolute atomic E-state index is 14.6. The molecule has 1 fully saturated rings. The summed E-state index contributed by atoms with van der Waals surface area (Å²) in [7, 11) is 0. The predicted octanol–water partition coefficient (Wildman–Crippen LogP) is 3.95. The van der Waals surface area contributed by atoms with Gasteiger partial charge in [-0.15, -0.1) is 0 Å². The number of nitrogens with zero attached hydrogens (tertiary/aromatic N) is 1. The zero-order valence-electron chi connectivity index (χ0n) is 14.9. The number of hydrogen-bond donors (Lipinski definition) is 1. The number of benzene rings is 2. The van der Waals surface area contributed by atoms with Crippen molar-refractivity contribution >= 4 is 5.91 Å². The highest BCUT2D eigenvalue weighted by molar-refractivity contribution is 5.95. The minimum Gasteiger partial charge on any atom is -0.393 e. The van der Waals surface area contributed by atoms with Crippen LogP contribution in [0.4, 0.5) is 4.39 Å². The minimum atomic E-state index is -0.499. The van der Waals surface area contributed by atoms with Gasteiger partial charge in [0.2, 0.25) is 0 Å². The first kappa shape index (κ1) is 17.6. The Morgan fingerprint density at radius 3 is 2.44 bits per heavy atom. The van der Waals surface area contributed by atoms with E-state index in [9.17, 15) is 14.3 Å². The van der Waals surface area contributed by atoms with Gasteiger partial charge in [-0.2, -0.15) is 0 Å². The summed E-state index contributed by atoms with van der Waals surface area (Å²) in [6.45, 7) is 6.84. The fraction of sp³-hybridized carbons (Fsp3) is 0.381. The fourth-order valence-electron chi connectivity index (χ4n) is 3.32. The molecule has 2 aromatic rings. The van der Waals surface area contributed by atoms with Gasteiger partial charge in [0.15, 0.2) is 0 Å². The van der Waals surface area contributed by atoms with Crippen LogP contribution in [-0.2, 0) is 0 Å². The number of hydrogen-bond acceptors (Lipinski definition) is 2. The first-order chi connectivity index (χ1) is 11.9. The summed E-state index contributed by atoms with van der Waals surface area (Å²) in [6, 6.07) is 10.8. The van der Waals surface area contributed by atoms with Crippen LogP contribution in [0.15, 0.2) is 36.4 Å². The lowest BCUT2D eigenvalue weighted by Crippen LogP contribution is -2.31. The molecule has 2 aromatic carbocycles. The lowest BCUT2D eigenvalue weighted by Gasteiger charge is -2.18. The zero-order valence-corrected chi connectivity index (χ0v) is 14.9. The minimum absolute atomic E-state index is 0.0711. The maximum atomic E-state index is 14.6. The third kappa shape index (κ3) is 3.59. The summed E-state index contributed by atoms with van der Waals surface area (Å²) in [5.74, 6) is -0.727. The Balaban J connectivity index is 1.82. The second-order valence-electron chi connectivity index (χ2n) is 7.03. The van der Waals surface area contributed by atoms with E-state index in [1.807, 2.05) is 32.0 Å². The van der Waals surface area contributed by atoms with E-state index in [4.69, 9.17) is 0 Å². The second kappa shape index (κ2) is 6.96. The van der Waals surface area contributed by atoms with Crippen molar-refractivity contribution in [1.29, 1.82) is 0 Å². The lowest BCUT2D eigenvalue weighted by molar-refractivity contribution is 0.0758. The Bertz CT molecular complexity index is 800. The van der Waals surface area contributed by atoms with Crippen molar-refractivity contribution in [2.45, 2.75) is 33.3 Å². The molecule has 1 N–H and O–H groups in total. The second-order valence-corrected chi connectivity index (χ2v) is 7.03. The number of halogens is 1. The summed E-state index contributed by atoms with van der Waals surface area (Å²) >= 11 is 0. The highest BCUT2D eigenvalue weighted by Gasteiger charge is 2.30. The molecular weight excluding hydrogens is 317 g/mol. The topological polar surface area (TPSA) is 40.5 Å². The molecule has 0 spiro atoms. The first-order valence-electron chi connectivity index (χ1n) is 8.71. The fourth-order valence-corrected chi connectivity index (χ4v) is 3.32. The van der Waals surface area contributed by atoms with E-state index < -0.39 is 11.9 Å². The standard InChI is InChI=1S/C21H24FNO2/c1-13-4-5-16(10-14(13)2)17-6-7-19(20(22)11-17)21(25)23-9-8-18(12-23)15(3)24/h4-7,10-11,15,18,24H,8-9,12H2,1-3H3. The Hall–Kier alpha value is -2.20. The van der Waals surface area contributed by atoms with Gasteiger partial charge in [-0.3, -0.25) is 4.79 Å². The molecule has 4 heteroatoms. The van der Waals surface area contributed by atoms with E-state index in [1.54, 1.807) is 24.0 Å². The number of carbonyl (C=O) groups excluding carboxylic acids is 1. The van der Waals surface area contributed by atoms with Crippen LogP contribution in [0.3, 0.4) is 0 Å². The van der Waals surface area contributed by atoms with E-state index in [0.717, 1.165) is 23.1 Å². The van der Waals surface area contributed by atoms with Gasteiger partial charge >= 0.3 is 0 Å². The smallest absolute Gasteiger partial charge is 0.256 e. The van der Waals surface area contributed by atoms with Crippen molar-refractivity contribution in [2.75, 3.05) is 13.1 Å². The van der Waals surface area contributed by atoms with Crippen LogP contribution in [0.1, 0.15) is 34.8 Å². The van der Waals surface area contributed by atoms with E-state index in [-0.39, 0.29) is 17.4 Å². The van der Waals surface area contributed by atoms with E-state index in [0.29, 0.717) is 13.1 Å². The van der Waals surface area contributed by atoms with Crippen LogP contribution >= 0.6 is 0 Å². The molecule has 3 nitrogen and oxygen atoms in total. The van der Waals surface area contributed by atoms with Crippen LogP contribution in [0.2, 0.25) is 0 Å². The van der Waals surface area contributed by atoms with Crippen molar-refractivity contribution in [3.05, 3.63) is 58.9 Å². The summed E-state index contributed by atoms with van der Waals surface area (Å²) in [4.78, 5) is 14.2. The highest BCUT2D eigenvalue weighted by atomic mass is 19.1. The predicted molar refractivity (Wildman–Crippen MR) is 97.0 cm³/mol. The van der Waals surface area contributed by atoms with Crippen molar-refractivity contribution in [2.24, 2.45) is 5.92 Å². The van der Waals surface area contributed by atoms with Crippen molar-refractivity contribution in [3.63, 3.8) is 0 Å². The van der Waals surface area contributed by atoms with Gasteiger partial charge in [-0.05, 0) is 61.6 Å². The quantitative estimate of drug-likeness (QED) is 0.918. The van der Waals surface area contributed by atoms with Gasteiger partial charge in [0, 0.05) is 19.0 Å². The molecule has 25 heavy (non-hydrogen) atoms. The molecule has 1 aliphatic rings. The number of aryl methyl sites for hydroxylation is 2. The highest BCUT2D eigenvalue weighted by Crippen LogP contribution is 2.26. The lowest BCUT2D eigenvalue weighted by atomic mass is 9.99. The Morgan fingerprint density at radius 1 is 1.16 bits per heavy atom. The van der Waals surface area contributed by atoms with Crippen LogP contribution in [-0.4, -0.2) is 35.1 Å². The number of likely N-dealkylation sites (tertiary alicyclic amines) is 1. The SMILES string of the molecule is Cc1ccc(-c2ccc(C(=O)N3CCC(C(C)O)C3)c(F)c2)cc1C. The molecule has 2 atom stereocenters. The normalized spacial score (nSPS) is 18.4. The molecule has 1 aliphatic heterocycles. The molecular formula is C21H24FNO2. The van der Waals surface area contributed by atoms with Crippen LogP contribution in [0, 0.1) is 25.6 Å². The summed E-state index contributed by atoms with van der Waals surface area (Å²) in [5, 5.41) is 9.67. The summed E-state index contributed by atoms with van der Waals surface area (Å²) in [5.41, 5.74) is 4.15. The van der Waals surface area contributed by atoms with Gasteiger partial charge in [-0.25, -0.2) is 4.39 Å². The Labute approximate surface area is 148 Å². The number of carbonyl (C=O) groups is 1. The van der Waals surface area contributed by atoms with Crippen LogP contribution in [0.25, 0.3) is 11.1 Å². The van der Waals surface area contributed by atoms with Gasteiger partial charge in [-0.1, -0.05) is 24.3 Å². The molecule has 132 valence electrons. The largest absolute Gasteiger partial charge is 0.393 e. The van der Waals surface area contributed by atoms with E-state index >= 15 is 0 Å². The molecule has 0 bridgehead atoms. The van der Waals surface area contributed by atoms with Crippen LogP contribution < -0.4 is 0 Å². The van der Waals surface area contributed by atoms with Crippen molar-refractivity contribution < 1.29 is 14.3 Å². The summed E-state index contributed by atoms with van der Waals surface area (Å²) < 4.78 is 14.6. The molecule has 1 amide bonds. The molecule has 0 aliphatic carbocycles. The first-order valence-corrected chi connectivity index (χ1v) is 8.71. The third-order valence-electron chi connectivity index (χ3n) is 5.23. The van der Waals surface area contributed by atoms with Gasteiger partial charge < -0.3 is 10.0 Å². The number of aliphatic hydroxyl groups excluding tert-OH is 1. The maximum Gasteiger partial charge on any atom is 0.256 e. The van der Waals surface area contributed by atoms with Crippen LogP contribution in [0.5, 0.6) is 0 Å². The molecule has 1 heterocycles. The van der Waals surface area contributed by atoms with Gasteiger partial charge in [0.05, 0.1) is 11.7 Å². The third-order valence-corrected chi connectivity index (χ3v) is 5.23.